The van der Waals surface area contributed by atoms with Gasteiger partial charge in [0.05, 0.1) is 12.1 Å². The molecule has 120 valence electrons. The molecule has 0 bridgehead atoms. The predicted octanol–water partition coefficient (Wildman–Crippen LogP) is 4.39. The van der Waals surface area contributed by atoms with Crippen LogP contribution >= 0.6 is 0 Å². The lowest BCUT2D eigenvalue weighted by molar-refractivity contribution is -0.0381. The summed E-state index contributed by atoms with van der Waals surface area (Å²) in [6.45, 7) is 0.869. The standard InChI is InChI=1S/C20H24N2O/c1-22(2)15-10-11-18-17(13-15)20-16(9-6-12-23-20)19(21-18)14-7-4-3-5-8-14/h3-5,7-8,10-11,13,16,19-21H,6,9,12H2,1-2H3/t16-,19-,20-/m0/s1. The van der Waals surface area contributed by atoms with Gasteiger partial charge in [-0.3, -0.25) is 0 Å². The van der Waals surface area contributed by atoms with Gasteiger partial charge in [0, 0.05) is 43.6 Å². The zero-order chi connectivity index (χ0) is 15.8. The SMILES string of the molecule is CN(C)c1ccc2c(c1)[C@H]1OCCC[C@H]1[C@H](c1ccccc1)N2. The fraction of sp³-hybridized carbons (Fsp3) is 0.400. The van der Waals surface area contributed by atoms with E-state index < -0.39 is 0 Å². The molecular formula is C20H24N2O. The highest BCUT2D eigenvalue weighted by molar-refractivity contribution is 5.63. The maximum atomic E-state index is 6.24. The van der Waals surface area contributed by atoms with Crippen molar-refractivity contribution >= 4 is 11.4 Å². The summed E-state index contributed by atoms with van der Waals surface area (Å²) in [5, 5.41) is 3.78. The van der Waals surface area contributed by atoms with Crippen LogP contribution in [0.5, 0.6) is 0 Å². The van der Waals surface area contributed by atoms with Crippen molar-refractivity contribution in [1.29, 1.82) is 0 Å². The molecule has 3 nitrogen and oxygen atoms in total. The van der Waals surface area contributed by atoms with E-state index in [-0.39, 0.29) is 6.10 Å². The van der Waals surface area contributed by atoms with Crippen molar-refractivity contribution in [2.24, 2.45) is 5.92 Å². The van der Waals surface area contributed by atoms with Crippen molar-refractivity contribution in [3.63, 3.8) is 0 Å². The van der Waals surface area contributed by atoms with Crippen LogP contribution in [-0.2, 0) is 4.74 Å². The highest BCUT2D eigenvalue weighted by atomic mass is 16.5. The summed E-state index contributed by atoms with van der Waals surface area (Å²) in [7, 11) is 4.17. The average Bonchev–Trinajstić information content (AvgIpc) is 2.61. The lowest BCUT2D eigenvalue weighted by atomic mass is 9.77. The van der Waals surface area contributed by atoms with Crippen LogP contribution in [-0.4, -0.2) is 20.7 Å². The van der Waals surface area contributed by atoms with Gasteiger partial charge < -0.3 is 15.0 Å². The molecule has 1 fully saturated rings. The lowest BCUT2D eigenvalue weighted by Gasteiger charge is -2.43. The monoisotopic (exact) mass is 308 g/mol. The molecule has 0 saturated carbocycles. The number of ether oxygens (including phenoxy) is 1. The molecule has 0 unspecified atom stereocenters. The first kappa shape index (κ1) is 14.6. The fourth-order valence-electron chi connectivity index (χ4n) is 3.93. The van der Waals surface area contributed by atoms with Gasteiger partial charge in [-0.15, -0.1) is 0 Å². The second kappa shape index (κ2) is 5.89. The highest BCUT2D eigenvalue weighted by Crippen LogP contribution is 2.49. The number of hydrogen-bond acceptors (Lipinski definition) is 3. The molecule has 0 aliphatic carbocycles. The fourth-order valence-corrected chi connectivity index (χ4v) is 3.93. The van der Waals surface area contributed by atoms with Crippen LogP contribution in [0.4, 0.5) is 11.4 Å². The van der Waals surface area contributed by atoms with E-state index in [0.29, 0.717) is 12.0 Å². The van der Waals surface area contributed by atoms with Gasteiger partial charge in [-0.1, -0.05) is 30.3 Å². The molecule has 0 aromatic heterocycles. The quantitative estimate of drug-likeness (QED) is 0.890. The molecule has 2 aromatic rings. The Morgan fingerprint density at radius 2 is 1.91 bits per heavy atom. The van der Waals surface area contributed by atoms with Crippen molar-refractivity contribution in [3.8, 4) is 0 Å². The smallest absolute Gasteiger partial charge is 0.0896 e. The van der Waals surface area contributed by atoms with Gasteiger partial charge in [-0.05, 0) is 36.6 Å². The third-order valence-electron chi connectivity index (χ3n) is 5.12. The molecule has 2 aliphatic rings. The van der Waals surface area contributed by atoms with E-state index in [4.69, 9.17) is 4.74 Å². The Morgan fingerprint density at radius 3 is 2.70 bits per heavy atom. The molecule has 2 aliphatic heterocycles. The van der Waals surface area contributed by atoms with Gasteiger partial charge >= 0.3 is 0 Å². The minimum Gasteiger partial charge on any atom is -0.378 e. The average molecular weight is 308 g/mol. The number of nitrogens with one attached hydrogen (secondary N) is 1. The summed E-state index contributed by atoms with van der Waals surface area (Å²) in [4.78, 5) is 2.15. The molecule has 23 heavy (non-hydrogen) atoms. The molecule has 0 spiro atoms. The van der Waals surface area contributed by atoms with E-state index in [1.165, 1.54) is 28.9 Å². The molecule has 3 atom stereocenters. The first-order valence-electron chi connectivity index (χ1n) is 8.48. The number of hydrogen-bond donors (Lipinski definition) is 1. The number of fused-ring (bicyclic) bond motifs is 3. The van der Waals surface area contributed by atoms with Gasteiger partial charge in [0.2, 0.25) is 0 Å². The van der Waals surface area contributed by atoms with E-state index in [9.17, 15) is 0 Å². The number of anilines is 2. The van der Waals surface area contributed by atoms with Crippen LogP contribution in [0.15, 0.2) is 48.5 Å². The van der Waals surface area contributed by atoms with E-state index in [1.54, 1.807) is 0 Å². The molecular weight excluding hydrogens is 284 g/mol. The van der Waals surface area contributed by atoms with Crippen molar-refractivity contribution in [1.82, 2.24) is 0 Å². The minimum absolute atomic E-state index is 0.199. The topological polar surface area (TPSA) is 24.5 Å². The largest absolute Gasteiger partial charge is 0.378 e. The van der Waals surface area contributed by atoms with Crippen molar-refractivity contribution in [2.45, 2.75) is 25.0 Å². The normalized spacial score (nSPS) is 25.9. The van der Waals surface area contributed by atoms with Crippen LogP contribution in [0, 0.1) is 5.92 Å². The van der Waals surface area contributed by atoms with Gasteiger partial charge in [0.1, 0.15) is 0 Å². The first-order chi connectivity index (χ1) is 11.2. The maximum absolute atomic E-state index is 6.24. The summed E-state index contributed by atoms with van der Waals surface area (Å²) >= 11 is 0. The van der Waals surface area contributed by atoms with Gasteiger partial charge in [-0.2, -0.15) is 0 Å². The van der Waals surface area contributed by atoms with Crippen molar-refractivity contribution < 1.29 is 4.74 Å². The Balaban J connectivity index is 1.77. The molecule has 1 N–H and O–H groups in total. The van der Waals surface area contributed by atoms with Gasteiger partial charge in [0.25, 0.3) is 0 Å². The zero-order valence-electron chi connectivity index (χ0n) is 13.8. The van der Waals surface area contributed by atoms with Crippen molar-refractivity contribution in [2.75, 3.05) is 30.9 Å². The summed E-state index contributed by atoms with van der Waals surface area (Å²) in [5.74, 6) is 0.496. The summed E-state index contributed by atoms with van der Waals surface area (Å²) in [6.07, 6.45) is 2.56. The van der Waals surface area contributed by atoms with E-state index in [2.05, 4.69) is 72.8 Å². The molecule has 0 amide bonds. The second-order valence-electron chi connectivity index (χ2n) is 6.80. The summed E-state index contributed by atoms with van der Waals surface area (Å²) < 4.78 is 6.24. The van der Waals surface area contributed by atoms with Crippen LogP contribution in [0.1, 0.15) is 36.1 Å². The second-order valence-corrected chi connectivity index (χ2v) is 6.80. The third-order valence-corrected chi connectivity index (χ3v) is 5.12. The number of benzene rings is 2. The Labute approximate surface area is 138 Å². The molecule has 2 aromatic carbocycles. The van der Waals surface area contributed by atoms with Crippen molar-refractivity contribution in [3.05, 3.63) is 59.7 Å². The molecule has 4 rings (SSSR count). The number of rotatable bonds is 2. The van der Waals surface area contributed by atoms with Gasteiger partial charge in [0.15, 0.2) is 0 Å². The Hall–Kier alpha value is -2.00. The molecule has 1 saturated heterocycles. The Bertz CT molecular complexity index is 683. The lowest BCUT2D eigenvalue weighted by Crippen LogP contribution is -2.36. The third kappa shape index (κ3) is 2.59. The van der Waals surface area contributed by atoms with E-state index in [0.717, 1.165) is 13.0 Å². The minimum atomic E-state index is 0.199. The Kier molecular flexibility index (Phi) is 3.74. The van der Waals surface area contributed by atoms with Crippen LogP contribution < -0.4 is 10.2 Å². The van der Waals surface area contributed by atoms with Crippen LogP contribution in [0.2, 0.25) is 0 Å². The highest BCUT2D eigenvalue weighted by Gasteiger charge is 2.39. The predicted molar refractivity (Wildman–Crippen MR) is 95.0 cm³/mol. The van der Waals surface area contributed by atoms with E-state index >= 15 is 0 Å². The molecule has 2 heterocycles. The molecule has 0 radical (unpaired) electrons. The van der Waals surface area contributed by atoms with Crippen LogP contribution in [0.3, 0.4) is 0 Å². The van der Waals surface area contributed by atoms with E-state index in [1.807, 2.05) is 0 Å². The van der Waals surface area contributed by atoms with Gasteiger partial charge in [-0.25, -0.2) is 0 Å². The maximum Gasteiger partial charge on any atom is 0.0896 e. The summed E-state index contributed by atoms with van der Waals surface area (Å²) in [5.41, 5.74) is 5.12. The number of nitrogens with zero attached hydrogens (tertiary/aromatic N) is 1. The van der Waals surface area contributed by atoms with Crippen LogP contribution in [0.25, 0.3) is 0 Å². The zero-order valence-corrected chi connectivity index (χ0v) is 13.8. The molecule has 3 heteroatoms. The Morgan fingerprint density at radius 1 is 1.09 bits per heavy atom. The summed E-state index contributed by atoms with van der Waals surface area (Å²) in [6, 6.07) is 17.8. The first-order valence-corrected chi connectivity index (χ1v) is 8.48.